The molecule has 0 radical (unpaired) electrons. The van der Waals surface area contributed by atoms with Crippen LogP contribution in [0.4, 0.5) is 0 Å². The molecule has 0 aliphatic heterocycles. The van der Waals surface area contributed by atoms with E-state index in [0.717, 1.165) is 30.8 Å². The molecule has 0 aliphatic carbocycles. The summed E-state index contributed by atoms with van der Waals surface area (Å²) in [6, 6.07) is 11.5. The topological polar surface area (TPSA) is 35.2 Å². The summed E-state index contributed by atoms with van der Waals surface area (Å²) in [4.78, 5) is 0. The van der Waals surface area contributed by atoms with E-state index in [9.17, 15) is 0 Å². The van der Waals surface area contributed by atoms with Crippen LogP contribution in [-0.2, 0) is 13.2 Å². The van der Waals surface area contributed by atoms with Gasteiger partial charge in [-0.05, 0) is 67.3 Å². The van der Waals surface area contributed by atoms with E-state index in [0.29, 0.717) is 13.2 Å². The van der Waals surface area contributed by atoms with Gasteiger partial charge in [-0.2, -0.15) is 0 Å². The third-order valence-electron chi connectivity index (χ3n) is 2.59. The molecule has 2 N–H and O–H groups in total. The first-order valence-electron chi connectivity index (χ1n) is 5.65. The van der Waals surface area contributed by atoms with Crippen LogP contribution in [0.5, 0.6) is 5.75 Å². The molecular weight excluding hydrogens is 393 g/mol. The minimum absolute atomic E-state index is 0.482. The van der Waals surface area contributed by atoms with Gasteiger partial charge in [0.25, 0.3) is 0 Å². The zero-order valence-electron chi connectivity index (χ0n) is 10.00. The minimum Gasteiger partial charge on any atom is -0.487 e. The van der Waals surface area contributed by atoms with Crippen molar-refractivity contribution < 1.29 is 4.74 Å². The largest absolute Gasteiger partial charge is 0.487 e. The van der Waals surface area contributed by atoms with Crippen molar-refractivity contribution in [1.29, 1.82) is 0 Å². The van der Waals surface area contributed by atoms with Crippen molar-refractivity contribution in [2.45, 2.75) is 13.2 Å². The van der Waals surface area contributed by atoms with E-state index in [2.05, 4.69) is 31.9 Å². The number of benzene rings is 2. The van der Waals surface area contributed by atoms with Crippen LogP contribution in [0.1, 0.15) is 11.1 Å². The lowest BCUT2D eigenvalue weighted by Crippen LogP contribution is -2.00. The summed E-state index contributed by atoms with van der Waals surface area (Å²) in [5.74, 6) is 0.771. The van der Waals surface area contributed by atoms with Gasteiger partial charge < -0.3 is 10.5 Å². The van der Waals surface area contributed by atoms with Crippen LogP contribution in [0.25, 0.3) is 0 Å². The molecule has 0 saturated carbocycles. The standard InChI is InChI=1S/C14H12Br2ClNO/c15-12-5-10(7-18)6-13(16)14(12)19-8-9-1-3-11(17)4-2-9/h1-6H,7-8,18H2. The van der Waals surface area contributed by atoms with Crippen molar-refractivity contribution in [3.05, 3.63) is 61.5 Å². The minimum atomic E-state index is 0.482. The zero-order chi connectivity index (χ0) is 13.8. The van der Waals surface area contributed by atoms with Gasteiger partial charge in [0.05, 0.1) is 8.95 Å². The fraction of sp³-hybridized carbons (Fsp3) is 0.143. The fourth-order valence-corrected chi connectivity index (χ4v) is 3.24. The molecule has 0 bridgehead atoms. The molecule has 0 spiro atoms. The molecule has 0 unspecified atom stereocenters. The van der Waals surface area contributed by atoms with Crippen LogP contribution in [0, 0.1) is 0 Å². The van der Waals surface area contributed by atoms with Gasteiger partial charge in [-0.1, -0.05) is 23.7 Å². The van der Waals surface area contributed by atoms with Gasteiger partial charge in [-0.15, -0.1) is 0 Å². The summed E-state index contributed by atoms with van der Waals surface area (Å²) in [5, 5.41) is 0.721. The maximum absolute atomic E-state index is 5.85. The third-order valence-corrected chi connectivity index (χ3v) is 4.02. The molecule has 0 aromatic heterocycles. The summed E-state index contributed by atoms with van der Waals surface area (Å²) in [7, 11) is 0. The molecule has 0 saturated heterocycles. The molecule has 5 heteroatoms. The monoisotopic (exact) mass is 403 g/mol. The van der Waals surface area contributed by atoms with Crippen molar-refractivity contribution in [3.8, 4) is 5.75 Å². The Bertz CT molecular complexity index is 549. The van der Waals surface area contributed by atoms with E-state index in [1.54, 1.807) is 0 Å². The number of rotatable bonds is 4. The van der Waals surface area contributed by atoms with Gasteiger partial charge in [0.1, 0.15) is 12.4 Å². The molecule has 2 aromatic carbocycles. The van der Waals surface area contributed by atoms with Crippen molar-refractivity contribution in [2.24, 2.45) is 5.73 Å². The molecule has 100 valence electrons. The lowest BCUT2D eigenvalue weighted by Gasteiger charge is -2.12. The van der Waals surface area contributed by atoms with Crippen LogP contribution in [0.3, 0.4) is 0 Å². The second kappa shape index (κ2) is 6.75. The molecule has 2 rings (SSSR count). The number of hydrogen-bond acceptors (Lipinski definition) is 2. The number of nitrogens with two attached hydrogens (primary N) is 1. The number of hydrogen-bond donors (Lipinski definition) is 1. The average Bonchev–Trinajstić information content (AvgIpc) is 2.39. The first kappa shape index (κ1) is 14.9. The predicted octanol–water partition coefficient (Wildman–Crippen LogP) is 4.90. The van der Waals surface area contributed by atoms with Gasteiger partial charge in [-0.25, -0.2) is 0 Å². The fourth-order valence-electron chi connectivity index (χ4n) is 1.60. The van der Waals surface area contributed by atoms with E-state index in [-0.39, 0.29) is 0 Å². The molecule has 0 amide bonds. The third kappa shape index (κ3) is 3.96. The highest BCUT2D eigenvalue weighted by molar-refractivity contribution is 9.11. The maximum atomic E-state index is 5.85. The second-order valence-electron chi connectivity index (χ2n) is 4.01. The molecule has 2 nitrogen and oxygen atoms in total. The molecule has 0 atom stereocenters. The lowest BCUT2D eigenvalue weighted by atomic mass is 10.2. The van der Waals surface area contributed by atoms with Crippen LogP contribution in [0.15, 0.2) is 45.3 Å². The number of ether oxygens (including phenoxy) is 1. The summed E-state index contributed by atoms with van der Waals surface area (Å²) in [6.07, 6.45) is 0. The van der Waals surface area contributed by atoms with Gasteiger partial charge in [0, 0.05) is 11.6 Å². The van der Waals surface area contributed by atoms with Crippen molar-refractivity contribution >= 4 is 43.5 Å². The highest BCUT2D eigenvalue weighted by atomic mass is 79.9. The molecule has 19 heavy (non-hydrogen) atoms. The second-order valence-corrected chi connectivity index (χ2v) is 6.15. The molecule has 0 aliphatic rings. The Hall–Kier alpha value is -0.550. The quantitative estimate of drug-likeness (QED) is 0.785. The first-order chi connectivity index (χ1) is 9.10. The van der Waals surface area contributed by atoms with E-state index < -0.39 is 0 Å². The molecule has 2 aromatic rings. The maximum Gasteiger partial charge on any atom is 0.148 e. The smallest absolute Gasteiger partial charge is 0.148 e. The molecule has 0 heterocycles. The summed E-state index contributed by atoms with van der Waals surface area (Å²) >= 11 is 12.8. The Morgan fingerprint density at radius 2 is 1.58 bits per heavy atom. The van der Waals surface area contributed by atoms with Crippen molar-refractivity contribution in [1.82, 2.24) is 0 Å². The number of halogens is 3. The highest BCUT2D eigenvalue weighted by Gasteiger charge is 2.08. The first-order valence-corrected chi connectivity index (χ1v) is 7.62. The summed E-state index contributed by atoms with van der Waals surface area (Å²) in [5.41, 5.74) is 7.72. The van der Waals surface area contributed by atoms with E-state index in [1.165, 1.54) is 0 Å². The molecular formula is C14H12Br2ClNO. The Morgan fingerprint density at radius 3 is 2.11 bits per heavy atom. The van der Waals surface area contributed by atoms with Gasteiger partial charge in [0.2, 0.25) is 0 Å². The Labute approximate surface area is 134 Å². The normalized spacial score (nSPS) is 10.5. The Balaban J connectivity index is 2.13. The SMILES string of the molecule is NCc1cc(Br)c(OCc2ccc(Cl)cc2)c(Br)c1. The van der Waals surface area contributed by atoms with Gasteiger partial charge in [-0.3, -0.25) is 0 Å². The summed E-state index contributed by atoms with van der Waals surface area (Å²) in [6.45, 7) is 0.977. The lowest BCUT2D eigenvalue weighted by molar-refractivity contribution is 0.302. The van der Waals surface area contributed by atoms with E-state index in [1.807, 2.05) is 36.4 Å². The van der Waals surface area contributed by atoms with E-state index in [4.69, 9.17) is 22.1 Å². The zero-order valence-corrected chi connectivity index (χ0v) is 13.9. The van der Waals surface area contributed by atoms with E-state index >= 15 is 0 Å². The van der Waals surface area contributed by atoms with Gasteiger partial charge in [0.15, 0.2) is 0 Å². The molecule has 0 fully saturated rings. The van der Waals surface area contributed by atoms with Crippen LogP contribution in [0.2, 0.25) is 5.02 Å². The van der Waals surface area contributed by atoms with Crippen LogP contribution >= 0.6 is 43.5 Å². The Kier molecular flexibility index (Phi) is 5.28. The van der Waals surface area contributed by atoms with Crippen LogP contribution in [-0.4, -0.2) is 0 Å². The van der Waals surface area contributed by atoms with Gasteiger partial charge >= 0.3 is 0 Å². The highest BCUT2D eigenvalue weighted by Crippen LogP contribution is 2.35. The van der Waals surface area contributed by atoms with Crippen molar-refractivity contribution in [2.75, 3.05) is 0 Å². The predicted molar refractivity (Wildman–Crippen MR) is 85.5 cm³/mol. The summed E-state index contributed by atoms with van der Waals surface area (Å²) < 4.78 is 7.59. The van der Waals surface area contributed by atoms with Crippen LogP contribution < -0.4 is 10.5 Å². The Morgan fingerprint density at radius 1 is 1.00 bits per heavy atom. The van der Waals surface area contributed by atoms with Crippen molar-refractivity contribution in [3.63, 3.8) is 0 Å². The average molecular weight is 406 g/mol.